The molecule has 1 amide bonds. The topological polar surface area (TPSA) is 105 Å². The molecule has 1 rings (SSSR count). The third kappa shape index (κ3) is 2.74. The highest BCUT2D eigenvalue weighted by Crippen LogP contribution is 2.30. The van der Waals surface area contributed by atoms with E-state index in [1.165, 1.54) is 32.2 Å². The van der Waals surface area contributed by atoms with Gasteiger partial charge in [-0.1, -0.05) is 6.07 Å². The SMILES string of the molecule is COc1c(C(=O)NC(C)C#N)cccc1[N+](=O)[O-]. The third-order valence-electron chi connectivity index (χ3n) is 2.18. The average Bonchev–Trinajstić information content (AvgIpc) is 2.37. The summed E-state index contributed by atoms with van der Waals surface area (Å²) in [6, 6.07) is 5.16. The van der Waals surface area contributed by atoms with E-state index in [2.05, 4.69) is 5.32 Å². The van der Waals surface area contributed by atoms with Gasteiger partial charge in [0.25, 0.3) is 5.91 Å². The summed E-state index contributed by atoms with van der Waals surface area (Å²) in [6.07, 6.45) is 0. The first-order chi connectivity index (χ1) is 8.51. The molecule has 0 radical (unpaired) electrons. The predicted octanol–water partition coefficient (Wildman–Crippen LogP) is 1.25. The maximum Gasteiger partial charge on any atom is 0.311 e. The van der Waals surface area contributed by atoms with Gasteiger partial charge in [-0.25, -0.2) is 0 Å². The predicted molar refractivity (Wildman–Crippen MR) is 62.2 cm³/mol. The molecule has 7 heteroatoms. The van der Waals surface area contributed by atoms with Crippen molar-refractivity contribution in [2.24, 2.45) is 0 Å². The van der Waals surface area contributed by atoms with Crippen LogP contribution in [0.15, 0.2) is 18.2 Å². The van der Waals surface area contributed by atoms with Crippen LogP contribution >= 0.6 is 0 Å². The summed E-state index contributed by atoms with van der Waals surface area (Å²) in [7, 11) is 1.24. The van der Waals surface area contributed by atoms with E-state index in [1.807, 2.05) is 6.07 Å². The highest BCUT2D eigenvalue weighted by molar-refractivity contribution is 5.98. The fourth-order valence-corrected chi connectivity index (χ4v) is 1.37. The van der Waals surface area contributed by atoms with Crippen molar-refractivity contribution in [3.05, 3.63) is 33.9 Å². The lowest BCUT2D eigenvalue weighted by molar-refractivity contribution is -0.385. The third-order valence-corrected chi connectivity index (χ3v) is 2.18. The smallest absolute Gasteiger partial charge is 0.311 e. The van der Waals surface area contributed by atoms with Crippen LogP contribution in [0.2, 0.25) is 0 Å². The van der Waals surface area contributed by atoms with Crippen LogP contribution in [-0.4, -0.2) is 24.0 Å². The number of amides is 1. The second-order valence-corrected chi connectivity index (χ2v) is 3.44. The molecule has 18 heavy (non-hydrogen) atoms. The Kier molecular flexibility index (Phi) is 4.21. The van der Waals surface area contributed by atoms with Gasteiger partial charge in [0.1, 0.15) is 6.04 Å². The number of benzene rings is 1. The fourth-order valence-electron chi connectivity index (χ4n) is 1.37. The molecule has 0 saturated heterocycles. The summed E-state index contributed by atoms with van der Waals surface area (Å²) in [5.74, 6) is -0.713. The van der Waals surface area contributed by atoms with Gasteiger partial charge in [-0.2, -0.15) is 5.26 Å². The van der Waals surface area contributed by atoms with Crippen LogP contribution in [0.4, 0.5) is 5.69 Å². The molecular weight excluding hydrogens is 238 g/mol. The Balaban J connectivity index is 3.17. The molecule has 1 aromatic rings. The Labute approximate surface area is 103 Å². The molecule has 0 heterocycles. The van der Waals surface area contributed by atoms with Gasteiger partial charge in [-0.15, -0.1) is 0 Å². The van der Waals surface area contributed by atoms with Crippen LogP contribution in [0.5, 0.6) is 5.75 Å². The van der Waals surface area contributed by atoms with E-state index in [9.17, 15) is 14.9 Å². The van der Waals surface area contributed by atoms with Gasteiger partial charge in [-0.3, -0.25) is 14.9 Å². The molecule has 0 fully saturated rings. The summed E-state index contributed by atoms with van der Waals surface area (Å²) in [5, 5.41) is 21.8. The molecule has 0 aliphatic heterocycles. The van der Waals surface area contributed by atoms with E-state index in [-0.39, 0.29) is 17.0 Å². The lowest BCUT2D eigenvalue weighted by Gasteiger charge is -2.10. The molecule has 1 N–H and O–H groups in total. The number of nitro benzene ring substituents is 1. The van der Waals surface area contributed by atoms with Crippen molar-refractivity contribution in [3.8, 4) is 11.8 Å². The molecular formula is C11H11N3O4. The standard InChI is InChI=1S/C11H11N3O4/c1-7(6-12)13-11(15)8-4-3-5-9(14(16)17)10(8)18-2/h3-5,7H,1-2H3,(H,13,15). The van der Waals surface area contributed by atoms with Crippen LogP contribution in [0.1, 0.15) is 17.3 Å². The Bertz CT molecular complexity index is 522. The fraction of sp³-hybridized carbons (Fsp3) is 0.273. The number of methoxy groups -OCH3 is 1. The van der Waals surface area contributed by atoms with Crippen LogP contribution in [0.3, 0.4) is 0 Å². The monoisotopic (exact) mass is 249 g/mol. The number of para-hydroxylation sites is 1. The zero-order valence-corrected chi connectivity index (χ0v) is 9.84. The molecule has 94 valence electrons. The molecule has 1 atom stereocenters. The average molecular weight is 249 g/mol. The largest absolute Gasteiger partial charge is 0.490 e. The minimum atomic E-state index is -0.693. The number of nitriles is 1. The Morgan fingerprint density at radius 3 is 2.78 bits per heavy atom. The number of carbonyl (C=O) groups is 1. The van der Waals surface area contributed by atoms with Crippen molar-refractivity contribution in [2.45, 2.75) is 13.0 Å². The van der Waals surface area contributed by atoms with Crippen molar-refractivity contribution in [1.82, 2.24) is 5.32 Å². The van der Waals surface area contributed by atoms with Crippen molar-refractivity contribution >= 4 is 11.6 Å². The van der Waals surface area contributed by atoms with Gasteiger partial charge >= 0.3 is 5.69 Å². The Morgan fingerprint density at radius 1 is 1.61 bits per heavy atom. The van der Waals surface area contributed by atoms with E-state index in [0.29, 0.717) is 0 Å². The molecule has 0 bridgehead atoms. The maximum absolute atomic E-state index is 11.8. The summed E-state index contributed by atoms with van der Waals surface area (Å²) in [5.41, 5.74) is -0.274. The number of ether oxygens (including phenoxy) is 1. The van der Waals surface area contributed by atoms with Gasteiger partial charge in [-0.05, 0) is 13.0 Å². The highest BCUT2D eigenvalue weighted by Gasteiger charge is 2.22. The lowest BCUT2D eigenvalue weighted by atomic mass is 10.1. The number of carbonyl (C=O) groups excluding carboxylic acids is 1. The first-order valence-electron chi connectivity index (χ1n) is 5.03. The summed E-state index contributed by atoms with van der Waals surface area (Å²) in [6.45, 7) is 1.50. The maximum atomic E-state index is 11.8. The van der Waals surface area contributed by atoms with Crippen LogP contribution in [0, 0.1) is 21.4 Å². The second-order valence-electron chi connectivity index (χ2n) is 3.44. The van der Waals surface area contributed by atoms with Crippen LogP contribution in [0.25, 0.3) is 0 Å². The minimum absolute atomic E-state index is 0.0220. The molecule has 0 aliphatic carbocycles. The molecule has 0 saturated carbocycles. The summed E-state index contributed by atoms with van der Waals surface area (Å²) >= 11 is 0. The Morgan fingerprint density at radius 2 is 2.28 bits per heavy atom. The minimum Gasteiger partial charge on any atom is -0.490 e. The second kappa shape index (κ2) is 5.63. The Hall–Kier alpha value is -2.62. The van der Waals surface area contributed by atoms with Gasteiger partial charge in [0.15, 0.2) is 0 Å². The van der Waals surface area contributed by atoms with Gasteiger partial charge in [0, 0.05) is 6.07 Å². The van der Waals surface area contributed by atoms with E-state index in [4.69, 9.17) is 10.00 Å². The number of nitrogens with zero attached hydrogens (tertiary/aromatic N) is 2. The van der Waals surface area contributed by atoms with E-state index in [1.54, 1.807) is 0 Å². The summed E-state index contributed by atoms with van der Waals surface area (Å²) < 4.78 is 4.89. The van der Waals surface area contributed by atoms with Gasteiger partial charge in [0.05, 0.1) is 23.7 Å². The van der Waals surface area contributed by atoms with E-state index < -0.39 is 16.9 Å². The number of nitro groups is 1. The number of hydrogen-bond donors (Lipinski definition) is 1. The highest BCUT2D eigenvalue weighted by atomic mass is 16.6. The van der Waals surface area contributed by atoms with E-state index >= 15 is 0 Å². The first-order valence-corrected chi connectivity index (χ1v) is 5.03. The van der Waals surface area contributed by atoms with Crippen LogP contribution in [-0.2, 0) is 0 Å². The molecule has 0 aliphatic rings. The normalized spacial score (nSPS) is 11.2. The molecule has 1 unspecified atom stereocenters. The molecule has 0 spiro atoms. The molecule has 0 aromatic heterocycles. The number of hydrogen-bond acceptors (Lipinski definition) is 5. The van der Waals surface area contributed by atoms with Gasteiger partial charge in [0.2, 0.25) is 5.75 Å². The van der Waals surface area contributed by atoms with Crippen LogP contribution < -0.4 is 10.1 Å². The number of rotatable bonds is 4. The zero-order valence-electron chi connectivity index (χ0n) is 9.84. The number of nitrogens with one attached hydrogen (secondary N) is 1. The zero-order chi connectivity index (χ0) is 13.7. The molecule has 1 aromatic carbocycles. The van der Waals surface area contributed by atoms with E-state index in [0.717, 1.165) is 0 Å². The van der Waals surface area contributed by atoms with Gasteiger partial charge < -0.3 is 10.1 Å². The first kappa shape index (κ1) is 13.4. The summed E-state index contributed by atoms with van der Waals surface area (Å²) in [4.78, 5) is 21.9. The van der Waals surface area contributed by atoms with Crippen molar-refractivity contribution < 1.29 is 14.5 Å². The van der Waals surface area contributed by atoms with Crippen molar-refractivity contribution in [2.75, 3.05) is 7.11 Å². The molecule has 7 nitrogen and oxygen atoms in total. The quantitative estimate of drug-likeness (QED) is 0.638. The van der Waals surface area contributed by atoms with Crippen molar-refractivity contribution in [1.29, 1.82) is 5.26 Å². The lowest BCUT2D eigenvalue weighted by Crippen LogP contribution is -2.31. The van der Waals surface area contributed by atoms with Crippen molar-refractivity contribution in [3.63, 3.8) is 0 Å².